The van der Waals surface area contributed by atoms with E-state index in [1.807, 2.05) is 13.0 Å². The van der Waals surface area contributed by atoms with Gasteiger partial charge >= 0.3 is 5.56 Å². The largest absolute Gasteiger partial charge is 0.433 e. The SMILES string of the molecule is Cc1ccc(Cl)c(Oc2nccn(C)c2=O)c1. The van der Waals surface area contributed by atoms with Crippen LogP contribution in [0.3, 0.4) is 0 Å². The van der Waals surface area contributed by atoms with Gasteiger partial charge in [0.05, 0.1) is 5.02 Å². The van der Waals surface area contributed by atoms with Gasteiger partial charge in [-0.25, -0.2) is 4.98 Å². The molecule has 2 rings (SSSR count). The normalized spacial score (nSPS) is 10.3. The first-order chi connectivity index (χ1) is 8.08. The summed E-state index contributed by atoms with van der Waals surface area (Å²) in [6.07, 6.45) is 3.06. The van der Waals surface area contributed by atoms with Gasteiger partial charge in [0, 0.05) is 19.4 Å². The molecule has 0 unspecified atom stereocenters. The van der Waals surface area contributed by atoms with Crippen LogP contribution >= 0.6 is 11.6 Å². The fourth-order valence-corrected chi connectivity index (χ4v) is 1.49. The number of hydrogen-bond acceptors (Lipinski definition) is 3. The highest BCUT2D eigenvalue weighted by Gasteiger charge is 2.08. The fourth-order valence-electron chi connectivity index (χ4n) is 1.34. The summed E-state index contributed by atoms with van der Waals surface area (Å²) in [7, 11) is 1.63. The number of aromatic nitrogens is 2. The number of ether oxygens (including phenoxy) is 1. The van der Waals surface area contributed by atoms with Crippen molar-refractivity contribution >= 4 is 11.6 Å². The Labute approximate surface area is 103 Å². The summed E-state index contributed by atoms with van der Waals surface area (Å²) in [6.45, 7) is 1.92. The van der Waals surface area contributed by atoms with Gasteiger partial charge in [-0.15, -0.1) is 0 Å². The lowest BCUT2D eigenvalue weighted by molar-refractivity contribution is 0.448. The Hall–Kier alpha value is -1.81. The number of halogens is 1. The monoisotopic (exact) mass is 250 g/mol. The first-order valence-corrected chi connectivity index (χ1v) is 5.41. The molecule has 0 aliphatic rings. The van der Waals surface area contributed by atoms with E-state index in [9.17, 15) is 4.79 Å². The molecule has 0 radical (unpaired) electrons. The van der Waals surface area contributed by atoms with Crippen LogP contribution in [0.15, 0.2) is 35.4 Å². The van der Waals surface area contributed by atoms with Crippen molar-refractivity contribution < 1.29 is 4.74 Å². The van der Waals surface area contributed by atoms with E-state index in [0.717, 1.165) is 5.56 Å². The highest BCUT2D eigenvalue weighted by atomic mass is 35.5. The van der Waals surface area contributed by atoms with Gasteiger partial charge in [-0.2, -0.15) is 0 Å². The van der Waals surface area contributed by atoms with E-state index in [1.54, 1.807) is 25.4 Å². The van der Waals surface area contributed by atoms with Crippen LogP contribution in [0, 0.1) is 6.92 Å². The van der Waals surface area contributed by atoms with E-state index in [2.05, 4.69) is 4.98 Å². The topological polar surface area (TPSA) is 44.1 Å². The molecule has 0 aliphatic carbocycles. The molecule has 0 bridgehead atoms. The average molecular weight is 251 g/mol. The second-order valence-corrected chi connectivity index (χ2v) is 4.09. The van der Waals surface area contributed by atoms with Gasteiger partial charge in [0.2, 0.25) is 0 Å². The summed E-state index contributed by atoms with van der Waals surface area (Å²) in [5.41, 5.74) is 0.697. The second-order valence-electron chi connectivity index (χ2n) is 3.68. The molecule has 4 nitrogen and oxygen atoms in total. The van der Waals surface area contributed by atoms with E-state index in [1.165, 1.54) is 10.8 Å². The molecule has 1 aromatic heterocycles. The zero-order valence-electron chi connectivity index (χ0n) is 9.48. The van der Waals surface area contributed by atoms with Gasteiger partial charge in [-0.05, 0) is 24.6 Å². The number of nitrogens with zero attached hydrogens (tertiary/aromatic N) is 2. The summed E-state index contributed by atoms with van der Waals surface area (Å²) in [6, 6.07) is 5.35. The molecule has 0 saturated carbocycles. The molecule has 0 amide bonds. The maximum Gasteiger partial charge on any atom is 0.313 e. The Morgan fingerprint density at radius 3 is 2.94 bits per heavy atom. The lowest BCUT2D eigenvalue weighted by atomic mass is 10.2. The third kappa shape index (κ3) is 2.47. The summed E-state index contributed by atoms with van der Waals surface area (Å²) < 4.78 is 6.82. The van der Waals surface area contributed by atoms with E-state index in [-0.39, 0.29) is 11.4 Å². The molecular weight excluding hydrogens is 240 g/mol. The molecule has 2 aromatic rings. The standard InChI is InChI=1S/C12H11ClN2O2/c1-8-3-4-9(13)10(7-8)17-11-12(16)15(2)6-5-14-11/h3-7H,1-2H3. The Morgan fingerprint density at radius 1 is 1.41 bits per heavy atom. The minimum absolute atomic E-state index is 0.0162. The van der Waals surface area contributed by atoms with Crippen molar-refractivity contribution in [2.24, 2.45) is 7.05 Å². The Bertz CT molecular complexity index is 608. The van der Waals surface area contributed by atoms with Gasteiger partial charge in [-0.3, -0.25) is 4.79 Å². The quantitative estimate of drug-likeness (QED) is 0.823. The van der Waals surface area contributed by atoms with Crippen LogP contribution in [0.4, 0.5) is 0 Å². The predicted molar refractivity (Wildman–Crippen MR) is 65.7 cm³/mol. The summed E-state index contributed by atoms with van der Waals surface area (Å²) in [4.78, 5) is 15.6. The van der Waals surface area contributed by atoms with Crippen molar-refractivity contribution in [3.05, 3.63) is 51.5 Å². The second kappa shape index (κ2) is 4.59. The van der Waals surface area contributed by atoms with E-state index < -0.39 is 0 Å². The lowest BCUT2D eigenvalue weighted by Gasteiger charge is -2.07. The fraction of sp³-hybridized carbons (Fsp3) is 0.167. The van der Waals surface area contributed by atoms with Crippen LogP contribution < -0.4 is 10.3 Å². The third-order valence-electron chi connectivity index (χ3n) is 2.28. The molecular formula is C12H11ClN2O2. The van der Waals surface area contributed by atoms with Crippen molar-refractivity contribution in [1.29, 1.82) is 0 Å². The summed E-state index contributed by atoms with van der Waals surface area (Å²) in [5, 5.41) is 0.448. The molecule has 0 fully saturated rings. The number of aryl methyl sites for hydroxylation is 2. The van der Waals surface area contributed by atoms with Crippen molar-refractivity contribution in [2.45, 2.75) is 6.92 Å². The van der Waals surface area contributed by atoms with E-state index in [4.69, 9.17) is 16.3 Å². The van der Waals surface area contributed by atoms with Gasteiger partial charge in [-0.1, -0.05) is 17.7 Å². The van der Waals surface area contributed by atoms with Gasteiger partial charge < -0.3 is 9.30 Å². The molecule has 5 heteroatoms. The molecule has 88 valence electrons. The van der Waals surface area contributed by atoms with Crippen LogP contribution in [0.2, 0.25) is 5.02 Å². The van der Waals surface area contributed by atoms with Gasteiger partial charge in [0.15, 0.2) is 0 Å². The van der Waals surface area contributed by atoms with Crippen LogP contribution in [0.5, 0.6) is 11.6 Å². The molecule has 0 aliphatic heterocycles. The Kier molecular flexibility index (Phi) is 3.15. The predicted octanol–water partition coefficient (Wildman–Crippen LogP) is 2.53. The van der Waals surface area contributed by atoms with Crippen molar-refractivity contribution in [3.63, 3.8) is 0 Å². The van der Waals surface area contributed by atoms with Crippen molar-refractivity contribution in [2.75, 3.05) is 0 Å². The number of hydrogen-bond donors (Lipinski definition) is 0. The number of benzene rings is 1. The van der Waals surface area contributed by atoms with Crippen LogP contribution in [0.1, 0.15) is 5.56 Å². The van der Waals surface area contributed by atoms with E-state index in [0.29, 0.717) is 10.8 Å². The molecule has 1 heterocycles. The molecule has 0 saturated heterocycles. The highest BCUT2D eigenvalue weighted by Crippen LogP contribution is 2.27. The van der Waals surface area contributed by atoms with Gasteiger partial charge in [0.25, 0.3) is 5.88 Å². The summed E-state index contributed by atoms with van der Waals surface area (Å²) in [5.74, 6) is 0.449. The van der Waals surface area contributed by atoms with Crippen LogP contribution in [0.25, 0.3) is 0 Å². The first-order valence-electron chi connectivity index (χ1n) is 5.03. The van der Waals surface area contributed by atoms with Crippen molar-refractivity contribution in [1.82, 2.24) is 9.55 Å². The smallest absolute Gasteiger partial charge is 0.313 e. The molecule has 0 spiro atoms. The average Bonchev–Trinajstić information content (AvgIpc) is 2.30. The minimum atomic E-state index is -0.301. The zero-order chi connectivity index (χ0) is 12.4. The lowest BCUT2D eigenvalue weighted by Crippen LogP contribution is -2.18. The maximum atomic E-state index is 11.7. The van der Waals surface area contributed by atoms with Gasteiger partial charge in [0.1, 0.15) is 5.75 Å². The molecule has 17 heavy (non-hydrogen) atoms. The number of rotatable bonds is 2. The minimum Gasteiger partial charge on any atom is -0.433 e. The summed E-state index contributed by atoms with van der Waals surface area (Å²) >= 11 is 5.98. The Balaban J connectivity index is 2.41. The van der Waals surface area contributed by atoms with E-state index >= 15 is 0 Å². The first kappa shape index (κ1) is 11.7. The third-order valence-corrected chi connectivity index (χ3v) is 2.59. The Morgan fingerprint density at radius 2 is 2.18 bits per heavy atom. The van der Waals surface area contributed by atoms with Crippen LogP contribution in [-0.4, -0.2) is 9.55 Å². The maximum absolute atomic E-state index is 11.7. The molecule has 1 aromatic carbocycles. The van der Waals surface area contributed by atoms with Crippen molar-refractivity contribution in [3.8, 4) is 11.6 Å². The van der Waals surface area contributed by atoms with Crippen LogP contribution in [-0.2, 0) is 7.05 Å². The molecule has 0 N–H and O–H groups in total. The molecule has 0 atom stereocenters. The highest BCUT2D eigenvalue weighted by molar-refractivity contribution is 6.32. The zero-order valence-corrected chi connectivity index (χ0v) is 10.2.